The zero-order valence-electron chi connectivity index (χ0n) is 20.5. The lowest BCUT2D eigenvalue weighted by molar-refractivity contribution is -0.137. The minimum absolute atomic E-state index is 0.00513. The van der Waals surface area contributed by atoms with Gasteiger partial charge in [-0.05, 0) is 32.9 Å². The van der Waals surface area contributed by atoms with E-state index in [1.54, 1.807) is 0 Å². The summed E-state index contributed by atoms with van der Waals surface area (Å²) in [4.78, 5) is 28.8. The minimum Gasteiger partial charge on any atom is -0.485 e. The zero-order valence-corrected chi connectivity index (χ0v) is 21.3. The van der Waals surface area contributed by atoms with E-state index in [4.69, 9.17) is 16.3 Å². The molecule has 0 bridgehead atoms. The molecule has 4 rings (SSSR count). The second-order valence-electron chi connectivity index (χ2n) is 8.88. The first-order valence-electron chi connectivity index (χ1n) is 11.2. The van der Waals surface area contributed by atoms with Crippen molar-refractivity contribution in [2.75, 3.05) is 0 Å². The SMILES string of the molecule is Cc1cc(OCc2ncc(F)cc2F)c(Cl)c(=O)n1-c1cc(-c2ccnc(C(C)(C)O)n2)ncc1C(F)(F)F. The topological polar surface area (TPSA) is 103 Å². The lowest BCUT2D eigenvalue weighted by Gasteiger charge is -2.19. The highest BCUT2D eigenvalue weighted by Gasteiger charge is 2.36. The molecule has 1 N–H and O–H groups in total. The van der Waals surface area contributed by atoms with Crippen molar-refractivity contribution in [1.82, 2.24) is 24.5 Å². The van der Waals surface area contributed by atoms with Gasteiger partial charge in [-0.15, -0.1) is 0 Å². The summed E-state index contributed by atoms with van der Waals surface area (Å²) in [5.74, 6) is -2.13. The molecule has 0 unspecified atom stereocenters. The van der Waals surface area contributed by atoms with Gasteiger partial charge in [0, 0.05) is 30.2 Å². The molecule has 14 heteroatoms. The van der Waals surface area contributed by atoms with Gasteiger partial charge in [-0.1, -0.05) is 11.6 Å². The van der Waals surface area contributed by atoms with E-state index in [1.807, 2.05) is 0 Å². The first-order valence-corrected chi connectivity index (χ1v) is 11.5. The van der Waals surface area contributed by atoms with Crippen molar-refractivity contribution >= 4 is 11.6 Å². The van der Waals surface area contributed by atoms with Crippen LogP contribution in [0, 0.1) is 18.6 Å². The van der Waals surface area contributed by atoms with Gasteiger partial charge in [-0.25, -0.2) is 18.7 Å². The summed E-state index contributed by atoms with van der Waals surface area (Å²) in [6.45, 7) is 3.69. The third kappa shape index (κ3) is 5.88. The molecule has 4 aromatic rings. The van der Waals surface area contributed by atoms with Crippen LogP contribution in [0.5, 0.6) is 5.75 Å². The van der Waals surface area contributed by atoms with Gasteiger partial charge in [0.25, 0.3) is 5.56 Å². The first kappa shape index (κ1) is 28.0. The number of aryl methyl sites for hydroxylation is 1. The van der Waals surface area contributed by atoms with Crippen LogP contribution in [0.3, 0.4) is 0 Å². The molecule has 0 aromatic carbocycles. The van der Waals surface area contributed by atoms with Crippen molar-refractivity contribution in [2.45, 2.75) is 39.2 Å². The Morgan fingerprint density at radius 1 is 1.05 bits per heavy atom. The summed E-state index contributed by atoms with van der Waals surface area (Å²) < 4.78 is 75.0. The average molecular weight is 568 g/mol. The summed E-state index contributed by atoms with van der Waals surface area (Å²) in [6.07, 6.45) is -2.25. The maximum absolute atomic E-state index is 14.0. The highest BCUT2D eigenvalue weighted by atomic mass is 35.5. The molecule has 0 saturated carbocycles. The van der Waals surface area contributed by atoms with Crippen LogP contribution in [0.25, 0.3) is 17.1 Å². The predicted molar refractivity (Wildman–Crippen MR) is 129 cm³/mol. The standard InChI is InChI=1S/C25H19ClF5N5O3/c1-12-6-20(39-11-18-15(28)7-13(27)9-33-18)21(26)22(37)36(12)19-8-17(34-10-14(19)25(29,30)31)16-4-5-32-23(35-16)24(2,3)38/h4-10,38H,11H2,1-3H3. The summed E-state index contributed by atoms with van der Waals surface area (Å²) in [6, 6.07) is 4.19. The van der Waals surface area contributed by atoms with Gasteiger partial charge in [-0.3, -0.25) is 19.3 Å². The second-order valence-corrected chi connectivity index (χ2v) is 9.26. The van der Waals surface area contributed by atoms with Crippen LogP contribution < -0.4 is 10.3 Å². The van der Waals surface area contributed by atoms with E-state index in [0.717, 1.165) is 16.8 Å². The van der Waals surface area contributed by atoms with Crippen molar-refractivity contribution in [3.8, 4) is 22.8 Å². The third-order valence-electron chi connectivity index (χ3n) is 5.44. The quantitative estimate of drug-likeness (QED) is 0.321. The fraction of sp³-hybridized carbons (Fsp3) is 0.240. The van der Waals surface area contributed by atoms with E-state index in [9.17, 15) is 31.9 Å². The third-order valence-corrected chi connectivity index (χ3v) is 5.79. The molecule has 4 heterocycles. The Morgan fingerprint density at radius 2 is 1.77 bits per heavy atom. The molecule has 0 fully saturated rings. The van der Waals surface area contributed by atoms with Crippen molar-refractivity contribution in [1.29, 1.82) is 0 Å². The molecule has 4 aromatic heterocycles. The number of hydrogen-bond acceptors (Lipinski definition) is 7. The van der Waals surface area contributed by atoms with E-state index in [1.165, 1.54) is 39.1 Å². The van der Waals surface area contributed by atoms with Crippen LogP contribution >= 0.6 is 11.6 Å². The van der Waals surface area contributed by atoms with Gasteiger partial charge in [0.05, 0.1) is 28.8 Å². The minimum atomic E-state index is -4.90. The number of pyridine rings is 3. The fourth-order valence-electron chi connectivity index (χ4n) is 3.57. The summed E-state index contributed by atoms with van der Waals surface area (Å²) in [5.41, 5.74) is -4.52. The normalized spacial score (nSPS) is 12.1. The number of aliphatic hydroxyl groups is 1. The molecule has 0 amide bonds. The molecule has 0 spiro atoms. The van der Waals surface area contributed by atoms with Crippen molar-refractivity contribution in [2.24, 2.45) is 0 Å². The molecule has 0 saturated heterocycles. The van der Waals surface area contributed by atoms with E-state index >= 15 is 0 Å². The molecule has 0 aliphatic carbocycles. The first-order chi connectivity index (χ1) is 18.2. The molecule has 39 heavy (non-hydrogen) atoms. The van der Waals surface area contributed by atoms with E-state index in [-0.39, 0.29) is 34.3 Å². The van der Waals surface area contributed by atoms with Crippen LogP contribution in [-0.4, -0.2) is 29.6 Å². The van der Waals surface area contributed by atoms with Gasteiger partial charge in [-0.2, -0.15) is 13.2 Å². The Morgan fingerprint density at radius 3 is 2.41 bits per heavy atom. The van der Waals surface area contributed by atoms with Crippen molar-refractivity contribution in [3.63, 3.8) is 0 Å². The fourth-order valence-corrected chi connectivity index (χ4v) is 3.76. The van der Waals surface area contributed by atoms with Gasteiger partial charge >= 0.3 is 6.18 Å². The molecule has 8 nitrogen and oxygen atoms in total. The number of hydrogen-bond donors (Lipinski definition) is 1. The Labute approximate surface area is 222 Å². The largest absolute Gasteiger partial charge is 0.485 e. The summed E-state index contributed by atoms with van der Waals surface area (Å²) in [5, 5.41) is 9.63. The Hall–Kier alpha value is -3.97. The van der Waals surface area contributed by atoms with Crippen LogP contribution in [0.15, 0.2) is 47.7 Å². The monoisotopic (exact) mass is 567 g/mol. The van der Waals surface area contributed by atoms with Crippen LogP contribution in [-0.2, 0) is 18.4 Å². The number of nitrogens with zero attached hydrogens (tertiary/aromatic N) is 5. The molecule has 0 aliphatic heterocycles. The second kappa shape index (κ2) is 10.3. The van der Waals surface area contributed by atoms with Crippen molar-refractivity contribution < 1.29 is 31.8 Å². The molecule has 204 valence electrons. The summed E-state index contributed by atoms with van der Waals surface area (Å²) >= 11 is 6.17. The predicted octanol–water partition coefficient (Wildman–Crippen LogP) is 5.15. The number of halogens is 6. The average Bonchev–Trinajstić information content (AvgIpc) is 2.85. The lowest BCUT2D eigenvalue weighted by Crippen LogP contribution is -2.25. The maximum Gasteiger partial charge on any atom is 0.419 e. The highest BCUT2D eigenvalue weighted by molar-refractivity contribution is 6.31. The van der Waals surface area contributed by atoms with Crippen LogP contribution in [0.4, 0.5) is 22.0 Å². The highest BCUT2D eigenvalue weighted by Crippen LogP contribution is 2.36. The van der Waals surface area contributed by atoms with Gasteiger partial charge in [0.1, 0.15) is 34.5 Å². The molecular formula is C25H19ClF5N5O3. The Kier molecular flexibility index (Phi) is 7.41. The van der Waals surface area contributed by atoms with E-state index in [2.05, 4.69) is 19.9 Å². The van der Waals surface area contributed by atoms with Gasteiger partial charge in [0.15, 0.2) is 11.6 Å². The number of alkyl halides is 3. The number of aromatic nitrogens is 5. The zero-order chi connectivity index (χ0) is 28.7. The lowest BCUT2D eigenvalue weighted by atomic mass is 10.1. The van der Waals surface area contributed by atoms with E-state index in [0.29, 0.717) is 12.3 Å². The maximum atomic E-state index is 14.0. The van der Waals surface area contributed by atoms with Crippen molar-refractivity contribution in [3.05, 3.63) is 92.6 Å². The molecule has 0 aliphatic rings. The molecule has 0 radical (unpaired) electrons. The van der Waals surface area contributed by atoms with Crippen LogP contribution in [0.2, 0.25) is 5.02 Å². The van der Waals surface area contributed by atoms with Crippen LogP contribution in [0.1, 0.15) is 36.6 Å². The summed E-state index contributed by atoms with van der Waals surface area (Å²) in [7, 11) is 0. The van der Waals surface area contributed by atoms with E-state index < -0.39 is 51.9 Å². The number of rotatable bonds is 6. The number of ether oxygens (including phenoxy) is 1. The Balaban J connectivity index is 1.81. The smallest absolute Gasteiger partial charge is 0.419 e. The Bertz CT molecular complexity index is 1620. The van der Waals surface area contributed by atoms with Gasteiger partial charge in [0.2, 0.25) is 0 Å². The van der Waals surface area contributed by atoms with Gasteiger partial charge < -0.3 is 9.84 Å². The molecular weight excluding hydrogens is 549 g/mol. The molecule has 0 atom stereocenters.